The van der Waals surface area contributed by atoms with E-state index >= 15 is 0 Å². The van der Waals surface area contributed by atoms with E-state index in [0.29, 0.717) is 18.7 Å². The van der Waals surface area contributed by atoms with E-state index in [1.54, 1.807) is 13.2 Å². The lowest BCUT2D eigenvalue weighted by Gasteiger charge is -2.07. The third kappa shape index (κ3) is 3.91. The molecule has 1 aromatic carbocycles. The van der Waals surface area contributed by atoms with Gasteiger partial charge in [-0.1, -0.05) is 6.07 Å². The molecule has 0 amide bonds. The minimum atomic E-state index is -0.229. The SMILES string of the molecule is COCc1cc(CNCc2ccc(C)o2)ccc1F. The first kappa shape index (κ1) is 13.8. The molecule has 2 aromatic rings. The van der Waals surface area contributed by atoms with Crippen LogP contribution in [0.15, 0.2) is 34.7 Å². The normalized spacial score (nSPS) is 10.9. The first-order valence-electron chi connectivity index (χ1n) is 6.21. The van der Waals surface area contributed by atoms with Gasteiger partial charge in [0.2, 0.25) is 0 Å². The number of rotatable bonds is 6. The molecule has 0 spiro atoms. The van der Waals surface area contributed by atoms with Crippen molar-refractivity contribution in [1.82, 2.24) is 5.32 Å². The van der Waals surface area contributed by atoms with E-state index in [1.165, 1.54) is 6.07 Å². The fourth-order valence-electron chi connectivity index (χ4n) is 1.91. The van der Waals surface area contributed by atoms with E-state index in [-0.39, 0.29) is 12.4 Å². The summed E-state index contributed by atoms with van der Waals surface area (Å²) in [6.07, 6.45) is 0. The minimum Gasteiger partial charge on any atom is -0.465 e. The molecule has 0 saturated carbocycles. The summed E-state index contributed by atoms with van der Waals surface area (Å²) >= 11 is 0. The Labute approximate surface area is 112 Å². The number of furan rings is 1. The van der Waals surface area contributed by atoms with Gasteiger partial charge in [0.1, 0.15) is 17.3 Å². The molecule has 4 heteroatoms. The second kappa shape index (κ2) is 6.50. The molecular weight excluding hydrogens is 245 g/mol. The average molecular weight is 263 g/mol. The first-order chi connectivity index (χ1) is 9.19. The second-order valence-electron chi connectivity index (χ2n) is 4.47. The third-order valence-electron chi connectivity index (χ3n) is 2.83. The van der Waals surface area contributed by atoms with Crippen molar-refractivity contribution in [3.63, 3.8) is 0 Å². The first-order valence-corrected chi connectivity index (χ1v) is 6.21. The van der Waals surface area contributed by atoms with Crippen molar-refractivity contribution in [1.29, 1.82) is 0 Å². The van der Waals surface area contributed by atoms with Crippen molar-refractivity contribution in [2.24, 2.45) is 0 Å². The van der Waals surface area contributed by atoms with Crippen molar-refractivity contribution in [2.45, 2.75) is 26.6 Å². The van der Waals surface area contributed by atoms with Crippen LogP contribution in [0, 0.1) is 12.7 Å². The van der Waals surface area contributed by atoms with Gasteiger partial charge >= 0.3 is 0 Å². The zero-order valence-electron chi connectivity index (χ0n) is 11.2. The van der Waals surface area contributed by atoms with Gasteiger partial charge in [-0.2, -0.15) is 0 Å². The molecule has 0 aliphatic carbocycles. The predicted molar refractivity (Wildman–Crippen MR) is 71.1 cm³/mol. The molecule has 102 valence electrons. The van der Waals surface area contributed by atoms with Crippen LogP contribution in [0.4, 0.5) is 4.39 Å². The van der Waals surface area contributed by atoms with Gasteiger partial charge in [0, 0.05) is 19.2 Å². The topological polar surface area (TPSA) is 34.4 Å². The molecule has 0 atom stereocenters. The van der Waals surface area contributed by atoms with Gasteiger partial charge in [-0.25, -0.2) is 4.39 Å². The lowest BCUT2D eigenvalue weighted by molar-refractivity contribution is 0.181. The molecule has 1 aromatic heterocycles. The molecule has 0 unspecified atom stereocenters. The van der Waals surface area contributed by atoms with Gasteiger partial charge in [0.05, 0.1) is 13.2 Å². The summed E-state index contributed by atoms with van der Waals surface area (Å²) in [7, 11) is 1.56. The van der Waals surface area contributed by atoms with Crippen LogP contribution in [0.2, 0.25) is 0 Å². The van der Waals surface area contributed by atoms with E-state index in [0.717, 1.165) is 17.1 Å². The van der Waals surface area contributed by atoms with Gasteiger partial charge in [-0.05, 0) is 36.8 Å². The molecule has 19 heavy (non-hydrogen) atoms. The van der Waals surface area contributed by atoms with Crippen LogP contribution in [0.3, 0.4) is 0 Å². The van der Waals surface area contributed by atoms with Crippen molar-refractivity contribution >= 4 is 0 Å². The van der Waals surface area contributed by atoms with Gasteiger partial charge in [-0.15, -0.1) is 0 Å². The predicted octanol–water partition coefficient (Wildman–Crippen LogP) is 3.16. The highest BCUT2D eigenvalue weighted by Gasteiger charge is 2.04. The molecule has 2 rings (SSSR count). The Kier molecular flexibility index (Phi) is 4.71. The van der Waals surface area contributed by atoms with Gasteiger partial charge in [-0.3, -0.25) is 0 Å². The maximum Gasteiger partial charge on any atom is 0.128 e. The number of methoxy groups -OCH3 is 1. The molecule has 0 fully saturated rings. The zero-order chi connectivity index (χ0) is 13.7. The molecule has 0 aliphatic rings. The fraction of sp³-hybridized carbons (Fsp3) is 0.333. The van der Waals surface area contributed by atoms with Crippen molar-refractivity contribution in [2.75, 3.05) is 7.11 Å². The van der Waals surface area contributed by atoms with E-state index in [1.807, 2.05) is 25.1 Å². The van der Waals surface area contributed by atoms with E-state index < -0.39 is 0 Å². The van der Waals surface area contributed by atoms with Gasteiger partial charge < -0.3 is 14.5 Å². The Bertz CT molecular complexity index is 537. The Hall–Kier alpha value is -1.65. The summed E-state index contributed by atoms with van der Waals surface area (Å²) < 4.78 is 23.9. The molecule has 1 heterocycles. The fourth-order valence-corrected chi connectivity index (χ4v) is 1.91. The number of ether oxygens (including phenoxy) is 1. The van der Waals surface area contributed by atoms with Crippen LogP contribution in [0.1, 0.15) is 22.6 Å². The second-order valence-corrected chi connectivity index (χ2v) is 4.47. The summed E-state index contributed by atoms with van der Waals surface area (Å²) in [6.45, 7) is 3.53. The van der Waals surface area contributed by atoms with Gasteiger partial charge in [0.25, 0.3) is 0 Å². The Morgan fingerprint density at radius 2 is 2.05 bits per heavy atom. The standard InChI is InChI=1S/C15H18FNO2/c1-11-3-5-14(19-11)9-17-8-12-4-6-15(16)13(7-12)10-18-2/h3-7,17H,8-10H2,1-2H3. The largest absolute Gasteiger partial charge is 0.465 e. The van der Waals surface area contributed by atoms with Crippen LogP contribution in [-0.4, -0.2) is 7.11 Å². The molecule has 0 aliphatic heterocycles. The number of hydrogen-bond donors (Lipinski definition) is 1. The Morgan fingerprint density at radius 3 is 2.74 bits per heavy atom. The van der Waals surface area contributed by atoms with E-state index in [9.17, 15) is 4.39 Å². The van der Waals surface area contributed by atoms with Crippen LogP contribution in [0.25, 0.3) is 0 Å². The number of aryl methyl sites for hydroxylation is 1. The zero-order valence-corrected chi connectivity index (χ0v) is 11.2. The summed E-state index contributed by atoms with van der Waals surface area (Å²) in [5, 5.41) is 3.26. The molecule has 0 bridgehead atoms. The van der Waals surface area contributed by atoms with Crippen molar-refractivity contribution in [3.05, 3.63) is 58.8 Å². The maximum atomic E-state index is 13.4. The van der Waals surface area contributed by atoms with E-state index in [2.05, 4.69) is 5.32 Å². The van der Waals surface area contributed by atoms with Crippen LogP contribution in [0.5, 0.6) is 0 Å². The monoisotopic (exact) mass is 263 g/mol. The lowest BCUT2D eigenvalue weighted by Crippen LogP contribution is -2.12. The number of hydrogen-bond acceptors (Lipinski definition) is 3. The maximum absolute atomic E-state index is 13.4. The summed E-state index contributed by atoms with van der Waals surface area (Å²) in [4.78, 5) is 0. The molecule has 0 saturated heterocycles. The third-order valence-corrected chi connectivity index (χ3v) is 2.83. The quantitative estimate of drug-likeness (QED) is 0.869. The Morgan fingerprint density at radius 1 is 1.21 bits per heavy atom. The van der Waals surface area contributed by atoms with Crippen molar-refractivity contribution in [3.8, 4) is 0 Å². The molecule has 3 nitrogen and oxygen atoms in total. The highest BCUT2D eigenvalue weighted by molar-refractivity contribution is 5.24. The summed E-state index contributed by atoms with van der Waals surface area (Å²) in [5.41, 5.74) is 1.60. The van der Waals surface area contributed by atoms with E-state index in [4.69, 9.17) is 9.15 Å². The van der Waals surface area contributed by atoms with Crippen LogP contribution < -0.4 is 5.32 Å². The van der Waals surface area contributed by atoms with Crippen LogP contribution in [-0.2, 0) is 24.4 Å². The van der Waals surface area contributed by atoms with Gasteiger partial charge in [0.15, 0.2) is 0 Å². The number of benzene rings is 1. The highest BCUT2D eigenvalue weighted by atomic mass is 19.1. The number of nitrogens with one attached hydrogen (secondary N) is 1. The molecular formula is C15H18FNO2. The van der Waals surface area contributed by atoms with Crippen LogP contribution >= 0.6 is 0 Å². The molecule has 1 N–H and O–H groups in total. The van der Waals surface area contributed by atoms with Crippen molar-refractivity contribution < 1.29 is 13.5 Å². The summed E-state index contributed by atoms with van der Waals surface area (Å²) in [5.74, 6) is 1.57. The minimum absolute atomic E-state index is 0.229. The average Bonchev–Trinajstić information content (AvgIpc) is 2.79. The smallest absolute Gasteiger partial charge is 0.128 e. The Balaban J connectivity index is 1.90. The number of halogens is 1. The summed E-state index contributed by atoms with van der Waals surface area (Å²) in [6, 6.07) is 8.95. The highest BCUT2D eigenvalue weighted by Crippen LogP contribution is 2.12. The molecule has 0 radical (unpaired) electrons. The lowest BCUT2D eigenvalue weighted by atomic mass is 10.1.